The lowest BCUT2D eigenvalue weighted by Gasteiger charge is -2.17. The van der Waals surface area contributed by atoms with Gasteiger partial charge >= 0.3 is 5.97 Å². The summed E-state index contributed by atoms with van der Waals surface area (Å²) in [5, 5.41) is 20.7. The Hall–Kier alpha value is -1.73. The molecule has 0 bridgehead atoms. The van der Waals surface area contributed by atoms with Crippen LogP contribution >= 0.6 is 11.8 Å². The van der Waals surface area contributed by atoms with E-state index in [1.165, 1.54) is 23.9 Å². The van der Waals surface area contributed by atoms with E-state index in [1.807, 2.05) is 6.26 Å². The lowest BCUT2D eigenvalue weighted by Crippen LogP contribution is -2.49. The van der Waals surface area contributed by atoms with E-state index in [0.29, 0.717) is 12.2 Å². The fourth-order valence-electron chi connectivity index (χ4n) is 1.75. The van der Waals surface area contributed by atoms with E-state index in [4.69, 9.17) is 10.8 Å². The predicted octanol–water partition coefficient (Wildman–Crippen LogP) is 0.584. The summed E-state index contributed by atoms with van der Waals surface area (Å²) < 4.78 is 0. The smallest absolute Gasteiger partial charge is 0.326 e. The molecule has 0 aliphatic rings. The number of carbonyl (C=O) groups excluding carboxylic acids is 1. The third-order valence-corrected chi connectivity index (χ3v) is 3.60. The molecule has 1 amide bonds. The highest BCUT2D eigenvalue weighted by molar-refractivity contribution is 7.98. The second kappa shape index (κ2) is 8.53. The third-order valence-electron chi connectivity index (χ3n) is 2.95. The second-order valence-electron chi connectivity index (χ2n) is 4.66. The third kappa shape index (κ3) is 6.05. The van der Waals surface area contributed by atoms with Gasteiger partial charge in [-0.1, -0.05) is 12.1 Å². The average molecular weight is 312 g/mol. The molecule has 2 atom stereocenters. The first-order chi connectivity index (χ1) is 9.93. The first-order valence-corrected chi connectivity index (χ1v) is 7.89. The summed E-state index contributed by atoms with van der Waals surface area (Å²) in [5.41, 5.74) is 6.59. The van der Waals surface area contributed by atoms with E-state index < -0.39 is 24.0 Å². The molecule has 0 saturated carbocycles. The Bertz CT molecular complexity index is 478. The number of carboxylic acids is 1. The van der Waals surface area contributed by atoms with Crippen molar-refractivity contribution in [2.45, 2.75) is 24.9 Å². The molecule has 5 N–H and O–H groups in total. The van der Waals surface area contributed by atoms with Crippen molar-refractivity contribution >= 4 is 23.6 Å². The Balaban J connectivity index is 2.56. The van der Waals surface area contributed by atoms with E-state index in [1.54, 1.807) is 12.1 Å². The molecule has 1 aromatic carbocycles. The zero-order valence-corrected chi connectivity index (χ0v) is 12.6. The van der Waals surface area contributed by atoms with Gasteiger partial charge < -0.3 is 21.3 Å². The van der Waals surface area contributed by atoms with E-state index in [2.05, 4.69) is 5.32 Å². The SMILES string of the molecule is CSCC[C@@H](NC(=O)[C@@H](N)Cc1ccc(O)cc1)C(=O)O. The zero-order valence-electron chi connectivity index (χ0n) is 11.8. The van der Waals surface area contributed by atoms with Gasteiger partial charge in [0, 0.05) is 0 Å². The molecule has 1 aromatic rings. The van der Waals surface area contributed by atoms with E-state index in [0.717, 1.165) is 5.56 Å². The van der Waals surface area contributed by atoms with Gasteiger partial charge in [0.1, 0.15) is 11.8 Å². The molecule has 116 valence electrons. The number of aromatic hydroxyl groups is 1. The largest absolute Gasteiger partial charge is 0.508 e. The maximum Gasteiger partial charge on any atom is 0.326 e. The number of thioether (sulfide) groups is 1. The normalized spacial score (nSPS) is 13.4. The van der Waals surface area contributed by atoms with E-state index in [-0.39, 0.29) is 12.2 Å². The number of rotatable bonds is 8. The molecule has 6 nitrogen and oxygen atoms in total. The van der Waals surface area contributed by atoms with Crippen molar-refractivity contribution in [1.82, 2.24) is 5.32 Å². The van der Waals surface area contributed by atoms with Crippen LogP contribution < -0.4 is 11.1 Å². The Kier molecular flexibility index (Phi) is 7.04. The summed E-state index contributed by atoms with van der Waals surface area (Å²) in [6.07, 6.45) is 2.51. The fraction of sp³-hybridized carbons (Fsp3) is 0.429. The van der Waals surface area contributed by atoms with Gasteiger partial charge in [0.2, 0.25) is 5.91 Å². The number of amides is 1. The molecule has 0 aromatic heterocycles. The van der Waals surface area contributed by atoms with Crippen LogP contribution in [-0.4, -0.2) is 46.2 Å². The summed E-state index contributed by atoms with van der Waals surface area (Å²) >= 11 is 1.52. The molecule has 0 heterocycles. The topological polar surface area (TPSA) is 113 Å². The Morgan fingerprint density at radius 2 is 1.95 bits per heavy atom. The molecule has 0 unspecified atom stereocenters. The molecule has 0 aliphatic heterocycles. The van der Waals surface area contributed by atoms with Crippen molar-refractivity contribution < 1.29 is 19.8 Å². The molecule has 1 rings (SSSR count). The van der Waals surface area contributed by atoms with Crippen LogP contribution in [0.3, 0.4) is 0 Å². The number of hydrogen-bond donors (Lipinski definition) is 4. The van der Waals surface area contributed by atoms with Gasteiger partial charge in [-0.25, -0.2) is 4.79 Å². The lowest BCUT2D eigenvalue weighted by atomic mass is 10.1. The molecular weight excluding hydrogens is 292 g/mol. The quantitative estimate of drug-likeness (QED) is 0.559. The van der Waals surface area contributed by atoms with Crippen LogP contribution in [0.4, 0.5) is 0 Å². The van der Waals surface area contributed by atoms with Crippen LogP contribution in [0.15, 0.2) is 24.3 Å². The van der Waals surface area contributed by atoms with Gasteiger partial charge in [0.15, 0.2) is 0 Å². The Morgan fingerprint density at radius 3 is 2.48 bits per heavy atom. The summed E-state index contributed by atoms with van der Waals surface area (Å²) in [6.45, 7) is 0. The second-order valence-corrected chi connectivity index (χ2v) is 5.64. The number of hydrogen-bond acceptors (Lipinski definition) is 5. The molecule has 0 saturated heterocycles. The van der Waals surface area contributed by atoms with Crippen molar-refractivity contribution in [3.8, 4) is 5.75 Å². The van der Waals surface area contributed by atoms with Crippen LogP contribution in [0.2, 0.25) is 0 Å². The summed E-state index contributed by atoms with van der Waals surface area (Å²) in [4.78, 5) is 23.0. The minimum Gasteiger partial charge on any atom is -0.508 e. The van der Waals surface area contributed by atoms with Crippen LogP contribution in [0.5, 0.6) is 5.75 Å². The van der Waals surface area contributed by atoms with Crippen molar-refractivity contribution in [1.29, 1.82) is 0 Å². The Labute approximate surface area is 127 Å². The molecule has 21 heavy (non-hydrogen) atoms. The van der Waals surface area contributed by atoms with Crippen LogP contribution in [0, 0.1) is 0 Å². The number of phenols is 1. The number of nitrogens with one attached hydrogen (secondary N) is 1. The van der Waals surface area contributed by atoms with Gasteiger partial charge in [-0.15, -0.1) is 0 Å². The van der Waals surface area contributed by atoms with Crippen LogP contribution in [0.25, 0.3) is 0 Å². The number of carboxylic acid groups (broad SMARTS) is 1. The molecule has 0 spiro atoms. The number of aliphatic carboxylic acids is 1. The summed E-state index contributed by atoms with van der Waals surface area (Å²) in [5.74, 6) is -0.768. The maximum absolute atomic E-state index is 11.9. The molecular formula is C14H20N2O4S. The molecule has 0 radical (unpaired) electrons. The van der Waals surface area contributed by atoms with Gasteiger partial charge in [-0.3, -0.25) is 4.79 Å². The molecule has 7 heteroatoms. The zero-order chi connectivity index (χ0) is 15.8. The van der Waals surface area contributed by atoms with Gasteiger partial charge in [0.25, 0.3) is 0 Å². The van der Waals surface area contributed by atoms with E-state index >= 15 is 0 Å². The highest BCUT2D eigenvalue weighted by atomic mass is 32.2. The number of nitrogens with two attached hydrogens (primary N) is 1. The van der Waals surface area contributed by atoms with Crippen molar-refractivity contribution in [2.75, 3.05) is 12.0 Å². The minimum absolute atomic E-state index is 0.139. The highest BCUT2D eigenvalue weighted by Crippen LogP contribution is 2.11. The van der Waals surface area contributed by atoms with Crippen LogP contribution in [-0.2, 0) is 16.0 Å². The standard InChI is InChI=1S/C14H20N2O4S/c1-21-7-6-12(14(19)20)16-13(18)11(15)8-9-2-4-10(17)5-3-9/h2-5,11-12,17H,6-8,15H2,1H3,(H,16,18)(H,19,20)/t11-,12+/m0/s1. The van der Waals surface area contributed by atoms with Crippen molar-refractivity contribution in [3.63, 3.8) is 0 Å². The number of benzene rings is 1. The first-order valence-electron chi connectivity index (χ1n) is 6.49. The van der Waals surface area contributed by atoms with Crippen molar-refractivity contribution in [2.24, 2.45) is 5.73 Å². The van der Waals surface area contributed by atoms with Crippen molar-refractivity contribution in [3.05, 3.63) is 29.8 Å². The number of carbonyl (C=O) groups is 2. The fourth-order valence-corrected chi connectivity index (χ4v) is 2.22. The van der Waals surface area contributed by atoms with Crippen LogP contribution in [0.1, 0.15) is 12.0 Å². The first kappa shape index (κ1) is 17.3. The lowest BCUT2D eigenvalue weighted by molar-refractivity contribution is -0.142. The maximum atomic E-state index is 11.9. The summed E-state index contributed by atoms with van der Waals surface area (Å²) in [7, 11) is 0. The van der Waals surface area contributed by atoms with Gasteiger partial charge in [-0.2, -0.15) is 11.8 Å². The monoisotopic (exact) mass is 312 g/mol. The summed E-state index contributed by atoms with van der Waals surface area (Å²) in [6, 6.07) is 4.62. The molecule has 0 fully saturated rings. The number of phenolic OH excluding ortho intramolecular Hbond substituents is 1. The highest BCUT2D eigenvalue weighted by Gasteiger charge is 2.22. The predicted molar refractivity (Wildman–Crippen MR) is 82.4 cm³/mol. The minimum atomic E-state index is -1.06. The van der Waals surface area contributed by atoms with Gasteiger partial charge in [0.05, 0.1) is 6.04 Å². The van der Waals surface area contributed by atoms with E-state index in [9.17, 15) is 14.7 Å². The average Bonchev–Trinajstić information content (AvgIpc) is 2.45. The van der Waals surface area contributed by atoms with Gasteiger partial charge in [-0.05, 0) is 42.5 Å². The Morgan fingerprint density at radius 1 is 1.33 bits per heavy atom. The molecule has 0 aliphatic carbocycles.